The average molecular weight is 346 g/mol. The van der Waals surface area contributed by atoms with Gasteiger partial charge in [-0.3, -0.25) is 9.59 Å². The Balaban J connectivity index is 2.31. The van der Waals surface area contributed by atoms with Gasteiger partial charge in [0.15, 0.2) is 9.84 Å². The highest BCUT2D eigenvalue weighted by molar-refractivity contribution is 7.91. The number of amides is 1. The highest BCUT2D eigenvalue weighted by Gasteiger charge is 2.32. The van der Waals surface area contributed by atoms with E-state index < -0.39 is 27.6 Å². The van der Waals surface area contributed by atoms with Gasteiger partial charge in [-0.05, 0) is 24.6 Å². The molecule has 8 heteroatoms. The van der Waals surface area contributed by atoms with Gasteiger partial charge < -0.3 is 10.0 Å². The third-order valence-electron chi connectivity index (χ3n) is 3.73. The maximum Gasteiger partial charge on any atom is 0.308 e. The molecule has 1 aliphatic heterocycles. The number of hydrogen-bond donors (Lipinski definition) is 1. The Kier molecular flexibility index (Phi) is 4.77. The van der Waals surface area contributed by atoms with Crippen LogP contribution in [0.2, 0.25) is 5.02 Å². The van der Waals surface area contributed by atoms with Crippen LogP contribution in [-0.2, 0) is 14.6 Å². The molecule has 1 aliphatic rings. The van der Waals surface area contributed by atoms with Crippen molar-refractivity contribution < 1.29 is 23.1 Å². The van der Waals surface area contributed by atoms with Crippen LogP contribution in [0.3, 0.4) is 0 Å². The first-order valence-corrected chi connectivity index (χ1v) is 8.83. The van der Waals surface area contributed by atoms with Crippen molar-refractivity contribution in [2.24, 2.45) is 5.92 Å². The van der Waals surface area contributed by atoms with Crippen molar-refractivity contribution >= 4 is 33.3 Å². The summed E-state index contributed by atoms with van der Waals surface area (Å²) >= 11 is 6.00. The van der Waals surface area contributed by atoms with Crippen LogP contribution in [0.1, 0.15) is 23.7 Å². The summed E-state index contributed by atoms with van der Waals surface area (Å²) in [5.74, 6) is -2.05. The van der Waals surface area contributed by atoms with Crippen molar-refractivity contribution in [1.82, 2.24) is 4.90 Å². The SMILES string of the molecule is CCS(=O)(=O)c1ccc(Cl)c(C(=O)N2CC[C@@H](C(=O)O)C2)c1. The summed E-state index contributed by atoms with van der Waals surface area (Å²) < 4.78 is 23.8. The molecule has 0 aliphatic carbocycles. The van der Waals surface area contributed by atoms with Crippen molar-refractivity contribution in [2.45, 2.75) is 18.2 Å². The van der Waals surface area contributed by atoms with Gasteiger partial charge in [0.05, 0.1) is 27.2 Å². The number of nitrogens with zero attached hydrogens (tertiary/aromatic N) is 1. The van der Waals surface area contributed by atoms with Crippen molar-refractivity contribution in [2.75, 3.05) is 18.8 Å². The number of carboxylic acids is 1. The van der Waals surface area contributed by atoms with Gasteiger partial charge >= 0.3 is 5.97 Å². The monoisotopic (exact) mass is 345 g/mol. The number of likely N-dealkylation sites (tertiary alicyclic amines) is 1. The molecule has 1 fully saturated rings. The van der Waals surface area contributed by atoms with E-state index in [1.807, 2.05) is 0 Å². The lowest BCUT2D eigenvalue weighted by atomic mass is 10.1. The molecular weight excluding hydrogens is 330 g/mol. The van der Waals surface area contributed by atoms with Gasteiger partial charge in [-0.2, -0.15) is 0 Å². The molecule has 0 saturated carbocycles. The third-order valence-corrected chi connectivity index (χ3v) is 5.79. The summed E-state index contributed by atoms with van der Waals surface area (Å²) in [6.07, 6.45) is 0.381. The van der Waals surface area contributed by atoms with E-state index in [4.69, 9.17) is 16.7 Å². The number of carboxylic acid groups (broad SMARTS) is 1. The minimum Gasteiger partial charge on any atom is -0.481 e. The van der Waals surface area contributed by atoms with Crippen LogP contribution in [0.15, 0.2) is 23.1 Å². The quantitative estimate of drug-likeness (QED) is 0.896. The molecule has 0 radical (unpaired) electrons. The maximum absolute atomic E-state index is 12.5. The number of carbonyl (C=O) groups is 2. The summed E-state index contributed by atoms with van der Waals surface area (Å²) in [5.41, 5.74) is 0.0854. The van der Waals surface area contributed by atoms with Crippen molar-refractivity contribution in [1.29, 1.82) is 0 Å². The zero-order valence-corrected chi connectivity index (χ0v) is 13.5. The van der Waals surface area contributed by atoms with E-state index >= 15 is 0 Å². The summed E-state index contributed by atoms with van der Waals surface area (Å²) in [5, 5.41) is 9.13. The molecule has 6 nitrogen and oxygen atoms in total. The standard InChI is InChI=1S/C14H16ClNO5S/c1-2-22(20,21)10-3-4-12(15)11(7-10)13(17)16-6-5-9(8-16)14(18)19/h3-4,7,9H,2,5-6,8H2,1H3,(H,18,19)/t9-/m1/s1. The normalized spacial score (nSPS) is 18.5. The summed E-state index contributed by atoms with van der Waals surface area (Å²) in [7, 11) is -3.44. The van der Waals surface area contributed by atoms with Gasteiger partial charge in [0.2, 0.25) is 0 Å². The summed E-state index contributed by atoms with van der Waals surface area (Å²) in [4.78, 5) is 24.8. The molecule has 1 aromatic rings. The number of halogens is 1. The van der Waals surface area contributed by atoms with Gasteiger partial charge in [-0.15, -0.1) is 0 Å². The second-order valence-electron chi connectivity index (χ2n) is 5.12. The van der Waals surface area contributed by atoms with E-state index in [1.54, 1.807) is 0 Å². The first-order chi connectivity index (χ1) is 10.3. The fraction of sp³-hybridized carbons (Fsp3) is 0.429. The minimum atomic E-state index is -3.44. The Morgan fingerprint density at radius 3 is 2.64 bits per heavy atom. The molecule has 22 heavy (non-hydrogen) atoms. The van der Waals surface area contributed by atoms with Gasteiger partial charge in [-0.1, -0.05) is 18.5 Å². The highest BCUT2D eigenvalue weighted by Crippen LogP contribution is 2.25. The first-order valence-electron chi connectivity index (χ1n) is 6.80. The number of rotatable bonds is 4. The fourth-order valence-electron chi connectivity index (χ4n) is 2.35. The number of sulfone groups is 1. The van der Waals surface area contributed by atoms with Crippen LogP contribution in [-0.4, -0.2) is 49.1 Å². The number of aliphatic carboxylic acids is 1. The van der Waals surface area contributed by atoms with Crippen molar-refractivity contribution in [3.8, 4) is 0 Å². The number of carbonyl (C=O) groups excluding carboxylic acids is 1. The first kappa shape index (κ1) is 16.8. The van der Waals surface area contributed by atoms with Gasteiger partial charge in [0, 0.05) is 13.1 Å². The van der Waals surface area contributed by atoms with Gasteiger partial charge in [0.25, 0.3) is 5.91 Å². The Hall–Kier alpha value is -1.60. The summed E-state index contributed by atoms with van der Waals surface area (Å²) in [6.45, 7) is 1.94. The highest BCUT2D eigenvalue weighted by atomic mass is 35.5. The molecule has 0 unspecified atom stereocenters. The molecule has 1 aromatic carbocycles. The Bertz CT molecular complexity index is 716. The smallest absolute Gasteiger partial charge is 0.308 e. The zero-order chi connectivity index (χ0) is 16.5. The molecule has 0 spiro atoms. The second kappa shape index (κ2) is 6.26. The van der Waals surface area contributed by atoms with E-state index in [9.17, 15) is 18.0 Å². The lowest BCUT2D eigenvalue weighted by Crippen LogP contribution is -2.30. The van der Waals surface area contributed by atoms with Crippen LogP contribution < -0.4 is 0 Å². The topological polar surface area (TPSA) is 91.8 Å². The van der Waals surface area contributed by atoms with E-state index in [0.717, 1.165) is 0 Å². The second-order valence-corrected chi connectivity index (χ2v) is 7.81. The van der Waals surface area contributed by atoms with E-state index in [2.05, 4.69) is 0 Å². The number of hydrogen-bond acceptors (Lipinski definition) is 4. The van der Waals surface area contributed by atoms with Crippen LogP contribution in [0.25, 0.3) is 0 Å². The molecule has 0 aromatic heterocycles. The zero-order valence-electron chi connectivity index (χ0n) is 12.0. The summed E-state index contributed by atoms with van der Waals surface area (Å²) in [6, 6.07) is 4.00. The van der Waals surface area contributed by atoms with Crippen LogP contribution in [0, 0.1) is 5.92 Å². The molecule has 1 N–H and O–H groups in total. The molecule has 0 bridgehead atoms. The van der Waals surface area contributed by atoms with Crippen LogP contribution >= 0.6 is 11.6 Å². The molecule has 120 valence electrons. The molecule has 1 saturated heterocycles. The molecular formula is C14H16ClNO5S. The molecule has 1 heterocycles. The van der Waals surface area contributed by atoms with Gasteiger partial charge in [-0.25, -0.2) is 8.42 Å². The molecule has 1 amide bonds. The average Bonchev–Trinajstić information content (AvgIpc) is 2.97. The van der Waals surface area contributed by atoms with Crippen molar-refractivity contribution in [3.05, 3.63) is 28.8 Å². The third kappa shape index (κ3) is 3.25. The largest absolute Gasteiger partial charge is 0.481 e. The lowest BCUT2D eigenvalue weighted by Gasteiger charge is -2.17. The Morgan fingerprint density at radius 2 is 2.09 bits per heavy atom. The lowest BCUT2D eigenvalue weighted by molar-refractivity contribution is -0.141. The van der Waals surface area contributed by atoms with Crippen LogP contribution in [0.5, 0.6) is 0 Å². The maximum atomic E-state index is 12.5. The van der Waals surface area contributed by atoms with Crippen LogP contribution in [0.4, 0.5) is 0 Å². The predicted molar refractivity (Wildman–Crippen MR) is 80.8 cm³/mol. The van der Waals surface area contributed by atoms with Crippen molar-refractivity contribution in [3.63, 3.8) is 0 Å². The van der Waals surface area contributed by atoms with E-state index in [0.29, 0.717) is 13.0 Å². The number of benzene rings is 1. The predicted octanol–water partition coefficient (Wildman–Crippen LogP) is 1.68. The minimum absolute atomic E-state index is 0.0386. The molecule has 2 rings (SSSR count). The molecule has 1 atom stereocenters. The van der Waals surface area contributed by atoms with E-state index in [1.165, 1.54) is 30.0 Å². The van der Waals surface area contributed by atoms with E-state index in [-0.39, 0.29) is 27.8 Å². The fourth-order valence-corrected chi connectivity index (χ4v) is 3.45. The Labute approximate surface area is 133 Å². The van der Waals surface area contributed by atoms with Gasteiger partial charge in [0.1, 0.15) is 0 Å². The Morgan fingerprint density at radius 1 is 1.41 bits per heavy atom.